The Morgan fingerprint density at radius 3 is 3.04 bits per heavy atom. The highest BCUT2D eigenvalue weighted by molar-refractivity contribution is 6.31. The molecule has 7 nitrogen and oxygen atoms in total. The van der Waals surface area contributed by atoms with E-state index in [0.717, 1.165) is 6.42 Å². The molecule has 0 radical (unpaired) electrons. The van der Waals surface area contributed by atoms with Crippen LogP contribution in [-0.4, -0.2) is 36.3 Å². The third-order valence-corrected chi connectivity index (χ3v) is 4.17. The summed E-state index contributed by atoms with van der Waals surface area (Å²) in [6, 6.07) is 4.93. The number of nitrogens with one attached hydrogen (secondary N) is 1. The lowest BCUT2D eigenvalue weighted by molar-refractivity contribution is 0.0613. The van der Waals surface area contributed by atoms with Crippen LogP contribution in [0.1, 0.15) is 34.6 Å². The molecule has 1 amide bonds. The summed E-state index contributed by atoms with van der Waals surface area (Å²) < 4.78 is 16.1. The van der Waals surface area contributed by atoms with Gasteiger partial charge in [-0.1, -0.05) is 16.8 Å². The van der Waals surface area contributed by atoms with E-state index >= 15 is 0 Å². The molecule has 0 bridgehead atoms. The van der Waals surface area contributed by atoms with E-state index < -0.39 is 0 Å². The molecule has 0 aliphatic carbocycles. The van der Waals surface area contributed by atoms with Gasteiger partial charge in [-0.2, -0.15) is 4.98 Å². The fourth-order valence-electron chi connectivity index (χ4n) is 2.72. The minimum Gasteiger partial charge on any atom is -0.496 e. The maximum atomic E-state index is 12.4. The number of methoxy groups -OCH3 is 1. The highest BCUT2D eigenvalue weighted by atomic mass is 35.5. The van der Waals surface area contributed by atoms with Gasteiger partial charge in [0.15, 0.2) is 5.82 Å². The molecular formula is C16H18ClN3O4. The molecule has 1 aliphatic rings. The molecular weight excluding hydrogens is 334 g/mol. The summed E-state index contributed by atoms with van der Waals surface area (Å²) in [5.74, 6) is 1.31. The summed E-state index contributed by atoms with van der Waals surface area (Å²) in [6.45, 7) is 2.78. The first kappa shape index (κ1) is 16.7. The SMILES string of the molecule is COc1ccc(Cl)cc1C(=O)NC[C@@H]1CCO[C@@H]1c1nc(C)no1. The highest BCUT2D eigenvalue weighted by Gasteiger charge is 2.34. The summed E-state index contributed by atoms with van der Waals surface area (Å²) in [5.41, 5.74) is 0.397. The van der Waals surface area contributed by atoms with Crippen LogP contribution in [0.25, 0.3) is 0 Å². The fourth-order valence-corrected chi connectivity index (χ4v) is 2.89. The Hall–Kier alpha value is -2.12. The Morgan fingerprint density at radius 1 is 1.50 bits per heavy atom. The zero-order valence-corrected chi connectivity index (χ0v) is 14.2. The normalized spacial score (nSPS) is 20.1. The zero-order chi connectivity index (χ0) is 17.1. The minimum atomic E-state index is -0.298. The Kier molecular flexibility index (Phi) is 5.01. The molecule has 8 heteroatoms. The maximum absolute atomic E-state index is 12.4. The average Bonchev–Trinajstić information content (AvgIpc) is 3.21. The zero-order valence-electron chi connectivity index (χ0n) is 13.4. The molecule has 1 aliphatic heterocycles. The monoisotopic (exact) mass is 351 g/mol. The van der Waals surface area contributed by atoms with Gasteiger partial charge in [-0.05, 0) is 31.5 Å². The van der Waals surface area contributed by atoms with E-state index in [1.807, 2.05) is 0 Å². The third-order valence-electron chi connectivity index (χ3n) is 3.93. The number of hydrogen-bond acceptors (Lipinski definition) is 6. The van der Waals surface area contributed by atoms with Crippen LogP contribution in [0.4, 0.5) is 0 Å². The van der Waals surface area contributed by atoms with Gasteiger partial charge in [0.05, 0.1) is 12.7 Å². The molecule has 1 saturated heterocycles. The van der Waals surface area contributed by atoms with E-state index in [2.05, 4.69) is 15.5 Å². The van der Waals surface area contributed by atoms with E-state index in [-0.39, 0.29) is 17.9 Å². The van der Waals surface area contributed by atoms with Crippen molar-refractivity contribution in [2.75, 3.05) is 20.3 Å². The van der Waals surface area contributed by atoms with Crippen molar-refractivity contribution in [2.24, 2.45) is 5.92 Å². The molecule has 2 aromatic rings. The number of benzene rings is 1. The number of rotatable bonds is 5. The first-order chi connectivity index (χ1) is 11.6. The number of hydrogen-bond donors (Lipinski definition) is 1. The largest absolute Gasteiger partial charge is 0.496 e. The molecule has 1 aromatic heterocycles. The lowest BCUT2D eigenvalue weighted by atomic mass is 10.0. The van der Waals surface area contributed by atoms with Gasteiger partial charge in [0, 0.05) is 24.1 Å². The number of halogens is 1. The van der Waals surface area contributed by atoms with Gasteiger partial charge in [0.25, 0.3) is 11.8 Å². The van der Waals surface area contributed by atoms with E-state index in [4.69, 9.17) is 25.6 Å². The highest BCUT2D eigenvalue weighted by Crippen LogP contribution is 2.33. The van der Waals surface area contributed by atoms with Gasteiger partial charge in [-0.15, -0.1) is 0 Å². The average molecular weight is 352 g/mol. The molecule has 2 heterocycles. The molecule has 0 saturated carbocycles. The van der Waals surface area contributed by atoms with Crippen molar-refractivity contribution in [1.29, 1.82) is 0 Å². The first-order valence-corrected chi connectivity index (χ1v) is 8.00. The topological polar surface area (TPSA) is 86.5 Å². The number of carbonyl (C=O) groups is 1. The second kappa shape index (κ2) is 7.19. The predicted molar refractivity (Wildman–Crippen MR) is 86.2 cm³/mol. The number of amides is 1. The summed E-state index contributed by atoms with van der Waals surface area (Å²) in [5, 5.41) is 7.16. The van der Waals surface area contributed by atoms with Crippen molar-refractivity contribution in [2.45, 2.75) is 19.4 Å². The third kappa shape index (κ3) is 3.52. The van der Waals surface area contributed by atoms with Gasteiger partial charge in [0.2, 0.25) is 0 Å². The van der Waals surface area contributed by atoms with Gasteiger partial charge in [0.1, 0.15) is 11.9 Å². The molecule has 0 spiro atoms. The van der Waals surface area contributed by atoms with E-state index in [9.17, 15) is 4.79 Å². The minimum absolute atomic E-state index is 0.0685. The number of ether oxygens (including phenoxy) is 2. The maximum Gasteiger partial charge on any atom is 0.256 e. The number of aromatic nitrogens is 2. The molecule has 1 aromatic carbocycles. The van der Waals surface area contributed by atoms with Gasteiger partial charge >= 0.3 is 0 Å². The Bertz CT molecular complexity index is 734. The van der Waals surface area contributed by atoms with E-state index in [0.29, 0.717) is 41.2 Å². The smallest absolute Gasteiger partial charge is 0.256 e. The van der Waals surface area contributed by atoms with Crippen LogP contribution in [0.2, 0.25) is 5.02 Å². The Balaban J connectivity index is 1.66. The molecule has 3 rings (SSSR count). The van der Waals surface area contributed by atoms with Gasteiger partial charge < -0.3 is 19.3 Å². The van der Waals surface area contributed by atoms with Crippen LogP contribution >= 0.6 is 11.6 Å². The van der Waals surface area contributed by atoms with Crippen LogP contribution in [-0.2, 0) is 4.74 Å². The van der Waals surface area contributed by atoms with Crippen molar-refractivity contribution >= 4 is 17.5 Å². The van der Waals surface area contributed by atoms with Crippen LogP contribution in [0.15, 0.2) is 22.7 Å². The summed E-state index contributed by atoms with van der Waals surface area (Å²) >= 11 is 5.97. The van der Waals surface area contributed by atoms with Crippen LogP contribution in [0.5, 0.6) is 5.75 Å². The van der Waals surface area contributed by atoms with Crippen molar-refractivity contribution in [3.8, 4) is 5.75 Å². The first-order valence-electron chi connectivity index (χ1n) is 7.62. The quantitative estimate of drug-likeness (QED) is 0.890. The summed E-state index contributed by atoms with van der Waals surface area (Å²) in [7, 11) is 1.51. The van der Waals surface area contributed by atoms with Crippen molar-refractivity contribution < 1.29 is 18.8 Å². The van der Waals surface area contributed by atoms with Crippen molar-refractivity contribution in [3.63, 3.8) is 0 Å². The number of carbonyl (C=O) groups excluding carboxylic acids is 1. The van der Waals surface area contributed by atoms with Crippen LogP contribution in [0, 0.1) is 12.8 Å². The summed E-state index contributed by atoms with van der Waals surface area (Å²) in [4.78, 5) is 16.7. The fraction of sp³-hybridized carbons (Fsp3) is 0.438. The Labute approximate surface area is 144 Å². The second-order valence-corrected chi connectivity index (χ2v) is 6.01. The predicted octanol–water partition coefficient (Wildman–Crippen LogP) is 2.55. The lowest BCUT2D eigenvalue weighted by Gasteiger charge is -2.16. The van der Waals surface area contributed by atoms with Crippen LogP contribution < -0.4 is 10.1 Å². The van der Waals surface area contributed by atoms with Gasteiger partial charge in [-0.3, -0.25) is 4.79 Å². The Morgan fingerprint density at radius 2 is 2.33 bits per heavy atom. The standard InChI is InChI=1S/C16H18ClN3O4/c1-9-19-16(24-20-9)14-10(5-6-23-14)8-18-15(21)12-7-11(17)3-4-13(12)22-2/h3-4,7,10,14H,5-6,8H2,1-2H3,(H,18,21)/t10-,14-/m0/s1. The number of aryl methyl sites for hydroxylation is 1. The van der Waals surface area contributed by atoms with Crippen molar-refractivity contribution in [1.82, 2.24) is 15.5 Å². The molecule has 1 fully saturated rings. The van der Waals surface area contributed by atoms with Gasteiger partial charge in [-0.25, -0.2) is 0 Å². The van der Waals surface area contributed by atoms with Crippen LogP contribution in [0.3, 0.4) is 0 Å². The molecule has 24 heavy (non-hydrogen) atoms. The summed E-state index contributed by atoms with van der Waals surface area (Å²) in [6.07, 6.45) is 0.506. The molecule has 1 N–H and O–H groups in total. The number of nitrogens with zero attached hydrogens (tertiary/aromatic N) is 2. The van der Waals surface area contributed by atoms with Crippen molar-refractivity contribution in [3.05, 3.63) is 40.5 Å². The molecule has 128 valence electrons. The second-order valence-electron chi connectivity index (χ2n) is 5.57. The lowest BCUT2D eigenvalue weighted by Crippen LogP contribution is -2.31. The molecule has 0 unspecified atom stereocenters. The van der Waals surface area contributed by atoms with E-state index in [1.54, 1.807) is 25.1 Å². The molecule has 2 atom stereocenters. The van der Waals surface area contributed by atoms with E-state index in [1.165, 1.54) is 7.11 Å².